The Kier molecular flexibility index (Phi) is 4.71. The minimum absolute atomic E-state index is 0.748. The molecule has 6 heteroatoms. The molecule has 5 aromatic rings. The van der Waals surface area contributed by atoms with Gasteiger partial charge < -0.3 is 4.98 Å². The second kappa shape index (κ2) is 7.54. The van der Waals surface area contributed by atoms with Crippen LogP contribution >= 0.6 is 11.3 Å². The van der Waals surface area contributed by atoms with Gasteiger partial charge in [0, 0.05) is 45.9 Å². The van der Waals surface area contributed by atoms with Crippen molar-refractivity contribution in [3.8, 4) is 10.6 Å². The van der Waals surface area contributed by atoms with Gasteiger partial charge in [-0.25, -0.2) is 9.97 Å². The molecule has 0 aliphatic rings. The molecule has 0 unspecified atom stereocenters. The van der Waals surface area contributed by atoms with Gasteiger partial charge in [0.2, 0.25) is 0 Å². The van der Waals surface area contributed by atoms with Crippen LogP contribution in [-0.4, -0.2) is 24.7 Å². The van der Waals surface area contributed by atoms with Crippen LogP contribution in [0.5, 0.6) is 0 Å². The van der Waals surface area contributed by atoms with Crippen molar-refractivity contribution in [2.24, 2.45) is 0 Å². The molecule has 0 amide bonds. The summed E-state index contributed by atoms with van der Waals surface area (Å²) in [5.74, 6) is 0. The monoisotopic (exact) mass is 413 g/mol. The molecule has 0 aliphatic heterocycles. The summed E-state index contributed by atoms with van der Waals surface area (Å²) in [7, 11) is 0. The third-order valence-electron chi connectivity index (χ3n) is 5.64. The first-order valence-corrected chi connectivity index (χ1v) is 10.9. The lowest BCUT2D eigenvalue weighted by Gasteiger charge is -2.05. The van der Waals surface area contributed by atoms with Gasteiger partial charge in [-0.1, -0.05) is 30.3 Å². The zero-order chi connectivity index (χ0) is 20.7. The SMILES string of the molecule is Cc1nc(-c2ccccc2)sc1Cn1nc(C)c(Cc2c[nH]c3ncccc23)c1C. The first kappa shape index (κ1) is 18.8. The molecule has 0 atom stereocenters. The second-order valence-corrected chi connectivity index (χ2v) is 8.67. The number of hydrogen-bond donors (Lipinski definition) is 1. The minimum atomic E-state index is 0.748. The predicted molar refractivity (Wildman–Crippen MR) is 122 cm³/mol. The lowest BCUT2D eigenvalue weighted by molar-refractivity contribution is 0.662. The zero-order valence-corrected chi connectivity index (χ0v) is 18.1. The van der Waals surface area contributed by atoms with E-state index in [-0.39, 0.29) is 0 Å². The largest absolute Gasteiger partial charge is 0.346 e. The maximum atomic E-state index is 4.86. The van der Waals surface area contributed by atoms with Crippen LogP contribution in [0.15, 0.2) is 54.9 Å². The molecule has 5 rings (SSSR count). The Labute approximate surface area is 179 Å². The van der Waals surface area contributed by atoms with E-state index in [0.29, 0.717) is 0 Å². The smallest absolute Gasteiger partial charge is 0.137 e. The molecule has 0 aliphatic carbocycles. The lowest BCUT2D eigenvalue weighted by Crippen LogP contribution is -2.04. The molecule has 0 bridgehead atoms. The van der Waals surface area contributed by atoms with Gasteiger partial charge in [0.25, 0.3) is 0 Å². The molecule has 30 heavy (non-hydrogen) atoms. The number of nitrogens with zero attached hydrogens (tertiary/aromatic N) is 4. The van der Waals surface area contributed by atoms with E-state index in [1.54, 1.807) is 11.3 Å². The van der Waals surface area contributed by atoms with Crippen LogP contribution in [-0.2, 0) is 13.0 Å². The van der Waals surface area contributed by atoms with E-state index in [1.807, 2.05) is 18.3 Å². The number of aromatic nitrogens is 5. The molecule has 0 spiro atoms. The quantitative estimate of drug-likeness (QED) is 0.417. The standard InChI is InChI=1S/C24H23N5S/c1-15-21(12-19-13-26-23-20(19)10-7-11-25-23)17(3)29(28-15)14-22-16(2)27-24(30-22)18-8-5-4-6-9-18/h4-11,13H,12,14H2,1-3H3,(H,25,26). The lowest BCUT2D eigenvalue weighted by atomic mass is 10.0. The number of aryl methyl sites for hydroxylation is 2. The molecule has 1 aromatic carbocycles. The molecule has 1 N–H and O–H groups in total. The van der Waals surface area contributed by atoms with Gasteiger partial charge in [0.15, 0.2) is 0 Å². The van der Waals surface area contributed by atoms with E-state index in [0.717, 1.165) is 35.0 Å². The van der Waals surface area contributed by atoms with Gasteiger partial charge in [-0.3, -0.25) is 4.68 Å². The maximum absolute atomic E-state index is 4.86. The molecular formula is C24H23N5S. The number of H-pyrrole nitrogens is 1. The van der Waals surface area contributed by atoms with Crippen molar-refractivity contribution in [2.75, 3.05) is 0 Å². The summed E-state index contributed by atoms with van der Waals surface area (Å²) in [6.45, 7) is 7.10. The predicted octanol–water partition coefficient (Wildman–Crippen LogP) is 5.45. The van der Waals surface area contributed by atoms with Gasteiger partial charge in [-0.05, 0) is 38.5 Å². The van der Waals surface area contributed by atoms with E-state index in [4.69, 9.17) is 10.1 Å². The Hall–Kier alpha value is -3.25. The number of pyridine rings is 1. The van der Waals surface area contributed by atoms with E-state index in [1.165, 1.54) is 32.6 Å². The Morgan fingerprint density at radius 1 is 1.00 bits per heavy atom. The third-order valence-corrected chi connectivity index (χ3v) is 6.83. The Bertz CT molecular complexity index is 1330. The number of rotatable bonds is 5. The van der Waals surface area contributed by atoms with Gasteiger partial charge in [0.05, 0.1) is 17.9 Å². The van der Waals surface area contributed by atoms with Crippen LogP contribution in [0, 0.1) is 20.8 Å². The summed E-state index contributed by atoms with van der Waals surface area (Å²) < 4.78 is 2.12. The molecule has 0 saturated carbocycles. The van der Waals surface area contributed by atoms with Crippen molar-refractivity contribution in [1.29, 1.82) is 0 Å². The Balaban J connectivity index is 1.44. The molecule has 5 nitrogen and oxygen atoms in total. The number of nitrogens with one attached hydrogen (secondary N) is 1. The van der Waals surface area contributed by atoms with Crippen molar-refractivity contribution in [2.45, 2.75) is 33.7 Å². The van der Waals surface area contributed by atoms with Crippen molar-refractivity contribution in [1.82, 2.24) is 24.7 Å². The van der Waals surface area contributed by atoms with Crippen LogP contribution in [0.4, 0.5) is 0 Å². The average molecular weight is 414 g/mol. The summed E-state index contributed by atoms with van der Waals surface area (Å²) in [4.78, 5) is 13.7. The van der Waals surface area contributed by atoms with Crippen molar-refractivity contribution in [3.05, 3.63) is 87.9 Å². The van der Waals surface area contributed by atoms with E-state index < -0.39 is 0 Å². The Morgan fingerprint density at radius 2 is 1.83 bits per heavy atom. The zero-order valence-electron chi connectivity index (χ0n) is 17.3. The van der Waals surface area contributed by atoms with Crippen LogP contribution in [0.25, 0.3) is 21.6 Å². The van der Waals surface area contributed by atoms with Gasteiger partial charge in [0.1, 0.15) is 10.7 Å². The summed E-state index contributed by atoms with van der Waals surface area (Å²) >= 11 is 1.75. The molecular weight excluding hydrogens is 390 g/mol. The van der Waals surface area contributed by atoms with Crippen LogP contribution in [0.1, 0.15) is 33.1 Å². The molecule has 0 radical (unpaired) electrons. The fourth-order valence-corrected chi connectivity index (χ4v) is 4.96. The maximum Gasteiger partial charge on any atom is 0.137 e. The number of aromatic amines is 1. The molecule has 4 heterocycles. The van der Waals surface area contributed by atoms with Gasteiger partial charge in [-0.2, -0.15) is 5.10 Å². The highest BCUT2D eigenvalue weighted by Crippen LogP contribution is 2.29. The van der Waals surface area contributed by atoms with E-state index in [9.17, 15) is 0 Å². The van der Waals surface area contributed by atoms with Crippen molar-refractivity contribution >= 4 is 22.4 Å². The number of benzene rings is 1. The van der Waals surface area contributed by atoms with E-state index >= 15 is 0 Å². The minimum Gasteiger partial charge on any atom is -0.346 e. The molecule has 0 saturated heterocycles. The fraction of sp³-hybridized carbons (Fsp3) is 0.208. The third kappa shape index (κ3) is 3.33. The second-order valence-electron chi connectivity index (χ2n) is 7.59. The topological polar surface area (TPSA) is 59.4 Å². The van der Waals surface area contributed by atoms with Gasteiger partial charge in [-0.15, -0.1) is 11.3 Å². The number of hydrogen-bond acceptors (Lipinski definition) is 4. The summed E-state index contributed by atoms with van der Waals surface area (Å²) in [6.07, 6.45) is 4.73. The van der Waals surface area contributed by atoms with Crippen molar-refractivity contribution in [3.63, 3.8) is 0 Å². The van der Waals surface area contributed by atoms with Crippen molar-refractivity contribution < 1.29 is 0 Å². The summed E-state index contributed by atoms with van der Waals surface area (Å²) in [5, 5.41) is 7.10. The summed E-state index contributed by atoms with van der Waals surface area (Å²) in [6, 6.07) is 14.5. The van der Waals surface area contributed by atoms with Gasteiger partial charge >= 0.3 is 0 Å². The number of thiazole rings is 1. The van der Waals surface area contributed by atoms with Crippen LogP contribution in [0.3, 0.4) is 0 Å². The molecule has 4 aromatic heterocycles. The summed E-state index contributed by atoms with van der Waals surface area (Å²) in [5.41, 5.74) is 8.00. The first-order valence-electron chi connectivity index (χ1n) is 10.1. The fourth-order valence-electron chi connectivity index (χ4n) is 3.91. The first-order chi connectivity index (χ1) is 14.6. The highest BCUT2D eigenvalue weighted by atomic mass is 32.1. The Morgan fingerprint density at radius 3 is 2.67 bits per heavy atom. The van der Waals surface area contributed by atoms with Crippen LogP contribution in [0.2, 0.25) is 0 Å². The highest BCUT2D eigenvalue weighted by molar-refractivity contribution is 7.15. The normalized spacial score (nSPS) is 11.4. The molecule has 150 valence electrons. The number of fused-ring (bicyclic) bond motifs is 1. The van der Waals surface area contributed by atoms with Crippen LogP contribution < -0.4 is 0 Å². The molecule has 0 fully saturated rings. The van der Waals surface area contributed by atoms with E-state index in [2.05, 4.69) is 71.9 Å². The average Bonchev–Trinajstić information content (AvgIpc) is 3.42. The highest BCUT2D eigenvalue weighted by Gasteiger charge is 2.17.